The van der Waals surface area contributed by atoms with Gasteiger partial charge in [0, 0.05) is 16.0 Å². The van der Waals surface area contributed by atoms with Gasteiger partial charge in [0.05, 0.1) is 13.4 Å². The predicted molar refractivity (Wildman–Crippen MR) is 92.8 cm³/mol. The highest BCUT2D eigenvalue weighted by Crippen LogP contribution is 2.36. The van der Waals surface area contributed by atoms with E-state index in [1.54, 1.807) is 41.8 Å². The minimum atomic E-state index is -0.532. The Kier molecular flexibility index (Phi) is 4.69. The molecule has 2 heterocycles. The normalized spacial score (nSPS) is 10.4. The Morgan fingerprint density at radius 3 is 2.58 bits per heavy atom. The average molecular weight is 362 g/mol. The zero-order valence-electron chi connectivity index (χ0n) is 12.5. The molecule has 5 nitrogen and oxygen atoms in total. The van der Waals surface area contributed by atoms with Crippen molar-refractivity contribution in [2.45, 2.75) is 0 Å². The number of furan rings is 1. The van der Waals surface area contributed by atoms with E-state index in [2.05, 4.69) is 5.32 Å². The molecule has 0 atom stereocenters. The van der Waals surface area contributed by atoms with Crippen LogP contribution in [-0.2, 0) is 4.74 Å². The minimum absolute atomic E-state index is 0.159. The van der Waals surface area contributed by atoms with Crippen molar-refractivity contribution in [2.24, 2.45) is 0 Å². The van der Waals surface area contributed by atoms with E-state index in [-0.39, 0.29) is 5.76 Å². The lowest BCUT2D eigenvalue weighted by Crippen LogP contribution is -2.13. The number of ether oxygens (including phenoxy) is 1. The van der Waals surface area contributed by atoms with Crippen molar-refractivity contribution in [1.82, 2.24) is 0 Å². The van der Waals surface area contributed by atoms with E-state index in [4.69, 9.17) is 20.8 Å². The Morgan fingerprint density at radius 2 is 1.96 bits per heavy atom. The zero-order chi connectivity index (χ0) is 17.1. The van der Waals surface area contributed by atoms with Crippen molar-refractivity contribution in [2.75, 3.05) is 12.4 Å². The van der Waals surface area contributed by atoms with Gasteiger partial charge in [-0.15, -0.1) is 11.3 Å². The third kappa shape index (κ3) is 3.20. The molecule has 0 spiro atoms. The highest BCUT2D eigenvalue weighted by atomic mass is 35.5. The number of amides is 1. The lowest BCUT2D eigenvalue weighted by Gasteiger charge is -2.07. The maximum atomic E-state index is 12.2. The number of benzene rings is 1. The van der Waals surface area contributed by atoms with Crippen LogP contribution < -0.4 is 5.32 Å². The maximum absolute atomic E-state index is 12.2. The molecule has 0 unspecified atom stereocenters. The third-order valence-corrected chi connectivity index (χ3v) is 4.46. The van der Waals surface area contributed by atoms with Crippen LogP contribution in [0.4, 0.5) is 5.00 Å². The van der Waals surface area contributed by atoms with Crippen LogP contribution in [0, 0.1) is 0 Å². The molecule has 0 aliphatic rings. The van der Waals surface area contributed by atoms with Gasteiger partial charge in [0.2, 0.25) is 0 Å². The number of carbonyl (C=O) groups excluding carboxylic acids is 2. The second-order valence-electron chi connectivity index (χ2n) is 4.78. The smallest absolute Gasteiger partial charge is 0.341 e. The lowest BCUT2D eigenvalue weighted by molar-refractivity contribution is 0.0603. The first-order valence-corrected chi connectivity index (χ1v) is 8.16. The molecule has 1 amide bonds. The summed E-state index contributed by atoms with van der Waals surface area (Å²) < 4.78 is 9.92. The molecule has 122 valence electrons. The number of halogens is 1. The van der Waals surface area contributed by atoms with Gasteiger partial charge in [-0.05, 0) is 29.8 Å². The molecule has 0 radical (unpaired) electrons. The number of methoxy groups -OCH3 is 1. The molecule has 0 aliphatic heterocycles. The van der Waals surface area contributed by atoms with Crippen LogP contribution in [0.5, 0.6) is 0 Å². The number of hydrogen-bond donors (Lipinski definition) is 1. The molecule has 0 aliphatic carbocycles. The van der Waals surface area contributed by atoms with E-state index < -0.39 is 11.9 Å². The van der Waals surface area contributed by atoms with E-state index in [0.717, 1.165) is 5.56 Å². The SMILES string of the molecule is COC(=O)c1c(-c2ccc(Cl)cc2)csc1NC(=O)c1ccco1. The van der Waals surface area contributed by atoms with E-state index in [9.17, 15) is 9.59 Å². The van der Waals surface area contributed by atoms with Gasteiger partial charge in [-0.2, -0.15) is 0 Å². The third-order valence-electron chi connectivity index (χ3n) is 3.31. The molecule has 0 saturated heterocycles. The molecular formula is C17H12ClNO4S. The van der Waals surface area contributed by atoms with Crippen LogP contribution in [0.1, 0.15) is 20.9 Å². The fraction of sp³-hybridized carbons (Fsp3) is 0.0588. The first-order valence-electron chi connectivity index (χ1n) is 6.90. The van der Waals surface area contributed by atoms with Crippen LogP contribution in [0.3, 0.4) is 0 Å². The standard InChI is InChI=1S/C17H12ClNO4S/c1-22-17(21)14-12(10-4-6-11(18)7-5-10)9-24-16(14)19-15(20)13-3-2-8-23-13/h2-9H,1H3,(H,19,20). The number of anilines is 1. The minimum Gasteiger partial charge on any atom is -0.465 e. The van der Waals surface area contributed by atoms with Gasteiger partial charge >= 0.3 is 5.97 Å². The van der Waals surface area contributed by atoms with Crippen LogP contribution in [0.2, 0.25) is 5.02 Å². The van der Waals surface area contributed by atoms with Crippen molar-refractivity contribution in [1.29, 1.82) is 0 Å². The fourth-order valence-electron chi connectivity index (χ4n) is 2.17. The average Bonchev–Trinajstić information content (AvgIpc) is 3.24. The summed E-state index contributed by atoms with van der Waals surface area (Å²) in [6, 6.07) is 10.2. The van der Waals surface area contributed by atoms with E-state index in [0.29, 0.717) is 21.2 Å². The number of carbonyl (C=O) groups is 2. The number of nitrogens with one attached hydrogen (secondary N) is 1. The summed E-state index contributed by atoms with van der Waals surface area (Å²) in [6.45, 7) is 0. The molecule has 3 aromatic rings. The number of esters is 1. The maximum Gasteiger partial charge on any atom is 0.341 e. The van der Waals surface area contributed by atoms with Crippen molar-refractivity contribution in [3.05, 3.63) is 64.4 Å². The second kappa shape index (κ2) is 6.90. The van der Waals surface area contributed by atoms with Gasteiger partial charge in [0.1, 0.15) is 10.6 Å². The molecule has 24 heavy (non-hydrogen) atoms. The molecule has 1 N–H and O–H groups in total. The second-order valence-corrected chi connectivity index (χ2v) is 6.10. The van der Waals surface area contributed by atoms with Gasteiger partial charge in [-0.25, -0.2) is 4.79 Å². The summed E-state index contributed by atoms with van der Waals surface area (Å²) in [4.78, 5) is 24.4. The van der Waals surface area contributed by atoms with E-state index in [1.165, 1.54) is 24.7 Å². The van der Waals surface area contributed by atoms with Crippen LogP contribution >= 0.6 is 22.9 Å². The van der Waals surface area contributed by atoms with Crippen molar-refractivity contribution in [3.8, 4) is 11.1 Å². The van der Waals surface area contributed by atoms with E-state index >= 15 is 0 Å². The van der Waals surface area contributed by atoms with Crippen molar-refractivity contribution < 1.29 is 18.7 Å². The van der Waals surface area contributed by atoms with Crippen LogP contribution in [-0.4, -0.2) is 19.0 Å². The molecular weight excluding hydrogens is 350 g/mol. The molecule has 0 bridgehead atoms. The van der Waals surface area contributed by atoms with Gasteiger partial charge in [-0.3, -0.25) is 4.79 Å². The van der Waals surface area contributed by atoms with Crippen molar-refractivity contribution in [3.63, 3.8) is 0 Å². The number of rotatable bonds is 4. The van der Waals surface area contributed by atoms with Crippen LogP contribution in [0.25, 0.3) is 11.1 Å². The first-order chi connectivity index (χ1) is 11.6. The molecule has 0 saturated carbocycles. The quantitative estimate of drug-likeness (QED) is 0.684. The first kappa shape index (κ1) is 16.3. The van der Waals surface area contributed by atoms with Crippen molar-refractivity contribution >= 4 is 39.8 Å². The Labute approximate surface area is 146 Å². The Morgan fingerprint density at radius 1 is 1.21 bits per heavy atom. The highest BCUT2D eigenvalue weighted by molar-refractivity contribution is 7.15. The largest absolute Gasteiger partial charge is 0.465 e. The number of hydrogen-bond acceptors (Lipinski definition) is 5. The van der Waals surface area contributed by atoms with Gasteiger partial charge < -0.3 is 14.5 Å². The summed E-state index contributed by atoms with van der Waals surface area (Å²) in [6.07, 6.45) is 1.41. The molecule has 7 heteroatoms. The molecule has 1 aromatic carbocycles. The van der Waals surface area contributed by atoms with Gasteiger partial charge in [0.15, 0.2) is 5.76 Å². The van der Waals surface area contributed by atoms with E-state index in [1.807, 2.05) is 0 Å². The summed E-state index contributed by atoms with van der Waals surface area (Å²) in [7, 11) is 1.30. The highest BCUT2D eigenvalue weighted by Gasteiger charge is 2.23. The monoisotopic (exact) mass is 361 g/mol. The van der Waals surface area contributed by atoms with Gasteiger partial charge in [0.25, 0.3) is 5.91 Å². The zero-order valence-corrected chi connectivity index (χ0v) is 14.1. The Hall–Kier alpha value is -2.57. The molecule has 3 rings (SSSR count). The summed E-state index contributed by atoms with van der Waals surface area (Å²) >= 11 is 7.14. The Bertz CT molecular complexity index is 869. The van der Waals surface area contributed by atoms with Crippen LogP contribution in [0.15, 0.2) is 52.5 Å². The summed E-state index contributed by atoms with van der Waals surface area (Å²) in [5.74, 6) is -0.808. The molecule has 0 fully saturated rings. The number of thiophene rings is 1. The van der Waals surface area contributed by atoms with Gasteiger partial charge in [-0.1, -0.05) is 23.7 Å². The lowest BCUT2D eigenvalue weighted by atomic mass is 10.0. The fourth-order valence-corrected chi connectivity index (χ4v) is 3.25. The molecule has 2 aromatic heterocycles. The predicted octanol–water partition coefficient (Wildman–Crippen LogP) is 4.70. The summed E-state index contributed by atoms with van der Waals surface area (Å²) in [5, 5.41) is 5.47. The Balaban J connectivity index is 1.99. The summed E-state index contributed by atoms with van der Waals surface area (Å²) in [5.41, 5.74) is 1.76. The topological polar surface area (TPSA) is 68.5 Å².